The van der Waals surface area contributed by atoms with Gasteiger partial charge < -0.3 is 9.88 Å². The van der Waals surface area contributed by atoms with Gasteiger partial charge in [-0.15, -0.1) is 0 Å². The van der Waals surface area contributed by atoms with Crippen molar-refractivity contribution in [3.8, 4) is 0 Å². The van der Waals surface area contributed by atoms with E-state index in [1.807, 2.05) is 42.1 Å². The fourth-order valence-electron chi connectivity index (χ4n) is 3.87. The van der Waals surface area contributed by atoms with Crippen LogP contribution in [0.3, 0.4) is 0 Å². The fourth-order valence-corrected chi connectivity index (χ4v) is 5.53. The second-order valence-electron chi connectivity index (χ2n) is 7.66. The number of hydrogen-bond acceptors (Lipinski definition) is 3. The number of benzene rings is 3. The summed E-state index contributed by atoms with van der Waals surface area (Å²) in [6.07, 6.45) is 2.05. The topological polar surface area (TPSA) is 68.2 Å². The zero-order chi connectivity index (χ0) is 22.7. The minimum atomic E-state index is -3.86. The maximum Gasteiger partial charge on any atom is 0.224 e. The van der Waals surface area contributed by atoms with E-state index in [1.165, 1.54) is 12.1 Å². The zero-order valence-electron chi connectivity index (χ0n) is 17.5. The monoisotopic (exact) mass is 450 g/mol. The number of aromatic nitrogens is 1. The number of carbonyl (C=O) groups is 1. The standard InChI is InChI=1S/C25H23FN2O3S/c1-28-17-19(22-9-5-6-10-23(22)28)15-25(29)27-16-24(18-7-3-2-4-8-18)32(30,31)21-13-11-20(26)12-14-21/h2-14,17,24H,15-16H2,1H3,(H,27,29). The Balaban J connectivity index is 1.56. The van der Waals surface area contributed by atoms with E-state index in [0.29, 0.717) is 5.56 Å². The lowest BCUT2D eigenvalue weighted by Crippen LogP contribution is -2.32. The largest absolute Gasteiger partial charge is 0.354 e. The van der Waals surface area contributed by atoms with Gasteiger partial charge >= 0.3 is 0 Å². The van der Waals surface area contributed by atoms with Crippen molar-refractivity contribution in [3.05, 3.63) is 102 Å². The number of nitrogens with one attached hydrogen (secondary N) is 1. The minimum Gasteiger partial charge on any atom is -0.354 e. The first-order chi connectivity index (χ1) is 15.4. The number of carbonyl (C=O) groups excluding carboxylic acids is 1. The van der Waals surface area contributed by atoms with Crippen LogP contribution in [0.15, 0.2) is 90.0 Å². The molecule has 7 heteroatoms. The Morgan fingerprint density at radius 1 is 0.969 bits per heavy atom. The average Bonchev–Trinajstić information content (AvgIpc) is 3.10. The highest BCUT2D eigenvalue weighted by atomic mass is 32.2. The third-order valence-corrected chi connectivity index (χ3v) is 7.62. The van der Waals surface area contributed by atoms with Crippen molar-refractivity contribution in [2.75, 3.05) is 6.54 Å². The molecule has 0 spiro atoms. The predicted octanol–water partition coefficient (Wildman–Crippen LogP) is 4.19. The molecule has 32 heavy (non-hydrogen) atoms. The minimum absolute atomic E-state index is 0.0102. The molecule has 1 N–H and O–H groups in total. The van der Waals surface area contributed by atoms with Crippen molar-refractivity contribution in [2.24, 2.45) is 7.05 Å². The van der Waals surface area contributed by atoms with Crippen LogP contribution in [0.5, 0.6) is 0 Å². The second-order valence-corrected chi connectivity index (χ2v) is 9.79. The summed E-state index contributed by atoms with van der Waals surface area (Å²) in [5, 5.41) is 2.78. The van der Waals surface area contributed by atoms with Gasteiger partial charge in [0.25, 0.3) is 0 Å². The molecular formula is C25H23FN2O3S. The summed E-state index contributed by atoms with van der Waals surface area (Å²) < 4.78 is 41.9. The summed E-state index contributed by atoms with van der Waals surface area (Å²) in [5.74, 6) is -0.778. The van der Waals surface area contributed by atoms with Gasteiger partial charge in [-0.2, -0.15) is 0 Å². The summed E-state index contributed by atoms with van der Waals surface area (Å²) in [5.41, 5.74) is 2.46. The van der Waals surface area contributed by atoms with Crippen LogP contribution in [0.25, 0.3) is 10.9 Å². The molecule has 0 bridgehead atoms. The number of hydrogen-bond donors (Lipinski definition) is 1. The number of nitrogens with zero attached hydrogens (tertiary/aromatic N) is 1. The van der Waals surface area contributed by atoms with E-state index < -0.39 is 20.9 Å². The maximum absolute atomic E-state index is 13.3. The Bertz CT molecular complexity index is 1350. The number of rotatable bonds is 7. The summed E-state index contributed by atoms with van der Waals surface area (Å²) in [6.45, 7) is -0.0900. The number of fused-ring (bicyclic) bond motifs is 1. The molecule has 1 aromatic heterocycles. The lowest BCUT2D eigenvalue weighted by Gasteiger charge is -2.19. The fraction of sp³-hybridized carbons (Fsp3) is 0.160. The molecule has 3 aromatic carbocycles. The molecule has 164 valence electrons. The molecule has 0 radical (unpaired) electrons. The molecule has 1 amide bonds. The normalized spacial score (nSPS) is 12.6. The number of sulfone groups is 1. The number of halogens is 1. The van der Waals surface area contributed by atoms with E-state index in [-0.39, 0.29) is 23.8 Å². The van der Waals surface area contributed by atoms with E-state index in [4.69, 9.17) is 0 Å². The van der Waals surface area contributed by atoms with Crippen LogP contribution >= 0.6 is 0 Å². The van der Waals surface area contributed by atoms with E-state index in [9.17, 15) is 17.6 Å². The first-order valence-electron chi connectivity index (χ1n) is 10.2. The van der Waals surface area contributed by atoms with Crippen LogP contribution in [0.4, 0.5) is 4.39 Å². The number of aryl methyl sites for hydroxylation is 1. The third kappa shape index (κ3) is 4.43. The molecule has 1 heterocycles. The van der Waals surface area contributed by atoms with Crippen molar-refractivity contribution in [3.63, 3.8) is 0 Å². The van der Waals surface area contributed by atoms with Crippen molar-refractivity contribution in [1.29, 1.82) is 0 Å². The van der Waals surface area contributed by atoms with Crippen LogP contribution in [-0.4, -0.2) is 25.4 Å². The summed E-state index contributed by atoms with van der Waals surface area (Å²) >= 11 is 0. The molecule has 1 unspecified atom stereocenters. The summed E-state index contributed by atoms with van der Waals surface area (Å²) in [4.78, 5) is 12.8. The highest BCUT2D eigenvalue weighted by Gasteiger charge is 2.29. The molecule has 0 aliphatic heterocycles. The van der Waals surface area contributed by atoms with E-state index in [1.54, 1.807) is 30.3 Å². The van der Waals surface area contributed by atoms with Crippen molar-refractivity contribution < 1.29 is 17.6 Å². The first kappa shape index (κ1) is 21.8. The van der Waals surface area contributed by atoms with Gasteiger partial charge in [-0.25, -0.2) is 12.8 Å². The lowest BCUT2D eigenvalue weighted by molar-refractivity contribution is -0.120. The molecule has 1 atom stereocenters. The molecule has 0 saturated carbocycles. The Morgan fingerprint density at radius 3 is 2.34 bits per heavy atom. The SMILES string of the molecule is Cn1cc(CC(=O)NCC(c2ccccc2)S(=O)(=O)c2ccc(F)cc2)c2ccccc21. The van der Waals surface area contributed by atoms with Crippen molar-refractivity contribution in [1.82, 2.24) is 9.88 Å². The first-order valence-corrected chi connectivity index (χ1v) is 11.7. The quantitative estimate of drug-likeness (QED) is 0.429. The molecule has 0 saturated heterocycles. The number of amides is 1. The zero-order valence-corrected chi connectivity index (χ0v) is 18.3. The van der Waals surface area contributed by atoms with E-state index >= 15 is 0 Å². The maximum atomic E-state index is 13.3. The molecule has 4 rings (SSSR count). The predicted molar refractivity (Wildman–Crippen MR) is 122 cm³/mol. The Labute approximate surface area is 186 Å². The summed E-state index contributed by atoms with van der Waals surface area (Å²) in [7, 11) is -1.93. The molecule has 0 aliphatic carbocycles. The Hall–Kier alpha value is -3.45. The van der Waals surface area contributed by atoms with Crippen LogP contribution in [0.1, 0.15) is 16.4 Å². The van der Waals surface area contributed by atoms with Crippen molar-refractivity contribution >= 4 is 26.6 Å². The van der Waals surface area contributed by atoms with Gasteiger partial charge in [-0.05, 0) is 41.5 Å². The molecule has 4 aromatic rings. The van der Waals surface area contributed by atoms with Gasteiger partial charge in [0.2, 0.25) is 5.91 Å². The molecular weight excluding hydrogens is 427 g/mol. The van der Waals surface area contributed by atoms with Crippen LogP contribution < -0.4 is 5.32 Å². The Morgan fingerprint density at radius 2 is 1.62 bits per heavy atom. The van der Waals surface area contributed by atoms with E-state index in [0.717, 1.165) is 28.6 Å². The van der Waals surface area contributed by atoms with Gasteiger partial charge in [0.15, 0.2) is 9.84 Å². The van der Waals surface area contributed by atoms with Crippen LogP contribution in [0.2, 0.25) is 0 Å². The van der Waals surface area contributed by atoms with Gasteiger partial charge in [0.05, 0.1) is 11.3 Å². The molecule has 0 aliphatic rings. The Kier molecular flexibility index (Phi) is 6.10. The van der Waals surface area contributed by atoms with Crippen LogP contribution in [0, 0.1) is 5.82 Å². The van der Waals surface area contributed by atoms with Gasteiger partial charge in [0.1, 0.15) is 11.1 Å². The van der Waals surface area contributed by atoms with Gasteiger partial charge in [0, 0.05) is 30.7 Å². The average molecular weight is 451 g/mol. The lowest BCUT2D eigenvalue weighted by atomic mass is 10.1. The highest BCUT2D eigenvalue weighted by molar-refractivity contribution is 7.91. The van der Waals surface area contributed by atoms with Gasteiger partial charge in [-0.1, -0.05) is 48.5 Å². The highest BCUT2D eigenvalue weighted by Crippen LogP contribution is 2.29. The molecule has 0 fully saturated rings. The molecule has 5 nitrogen and oxygen atoms in total. The number of para-hydroxylation sites is 1. The van der Waals surface area contributed by atoms with Gasteiger partial charge in [-0.3, -0.25) is 4.79 Å². The van der Waals surface area contributed by atoms with E-state index in [2.05, 4.69) is 5.32 Å². The third-order valence-electron chi connectivity index (χ3n) is 5.50. The summed E-state index contributed by atoms with van der Waals surface area (Å²) in [6, 6.07) is 21.3. The van der Waals surface area contributed by atoms with Crippen molar-refractivity contribution in [2.45, 2.75) is 16.6 Å². The second kappa shape index (κ2) is 8.96. The smallest absolute Gasteiger partial charge is 0.224 e. The van der Waals surface area contributed by atoms with Crippen LogP contribution in [-0.2, 0) is 28.1 Å².